The first-order valence-electron chi connectivity index (χ1n) is 9.63. The Labute approximate surface area is 151 Å². The molecule has 0 radical (unpaired) electrons. The van der Waals surface area contributed by atoms with E-state index in [4.69, 9.17) is 5.73 Å². The van der Waals surface area contributed by atoms with Crippen molar-refractivity contribution in [3.63, 3.8) is 0 Å². The highest BCUT2D eigenvalue weighted by molar-refractivity contribution is 6.02. The van der Waals surface area contributed by atoms with Gasteiger partial charge in [-0.15, -0.1) is 0 Å². The molecule has 5 nitrogen and oxygen atoms in total. The van der Waals surface area contributed by atoms with Crippen molar-refractivity contribution in [3.05, 3.63) is 17.7 Å². The molecule has 1 aliphatic carbocycles. The second kappa shape index (κ2) is 7.14. The highest BCUT2D eigenvalue weighted by atomic mass is 16.1. The molecule has 1 saturated carbocycles. The molecule has 0 aromatic heterocycles. The van der Waals surface area contributed by atoms with Gasteiger partial charge in [0.15, 0.2) is 0 Å². The fraction of sp³-hybridized carbons (Fsp3) is 0.650. The molecule has 0 atom stereocenters. The van der Waals surface area contributed by atoms with Crippen LogP contribution in [0, 0.1) is 5.41 Å². The Kier molecular flexibility index (Phi) is 5.11. The fourth-order valence-electron chi connectivity index (χ4n) is 4.04. The summed E-state index contributed by atoms with van der Waals surface area (Å²) in [4.78, 5) is 15.3. The molecule has 1 aromatic rings. The normalized spacial score (nSPS) is 20.0. The van der Waals surface area contributed by atoms with E-state index in [1.807, 2.05) is 19.2 Å². The highest BCUT2D eigenvalue weighted by Gasteiger charge is 2.38. The first-order chi connectivity index (χ1) is 12.0. The zero-order valence-electron chi connectivity index (χ0n) is 15.8. The number of carbonyl (C=O) groups is 1. The standard InChI is InChI=1S/C20H32N4O/c1-4-20(2)12-24(13-20)18-11-17(22-3)16(21)10-15(18)19(25)23-14-8-6-5-7-9-14/h10-11,14,22H,4-9,12-13,21H2,1-3H3,(H,23,25). The van der Waals surface area contributed by atoms with Crippen LogP contribution in [0.4, 0.5) is 17.1 Å². The summed E-state index contributed by atoms with van der Waals surface area (Å²) >= 11 is 0. The summed E-state index contributed by atoms with van der Waals surface area (Å²) in [6.45, 7) is 6.51. The third kappa shape index (κ3) is 3.70. The molecule has 3 rings (SSSR count). The zero-order chi connectivity index (χ0) is 18.0. The number of nitrogens with one attached hydrogen (secondary N) is 2. The van der Waals surface area contributed by atoms with Gasteiger partial charge in [-0.2, -0.15) is 0 Å². The molecule has 1 aromatic carbocycles. The highest BCUT2D eigenvalue weighted by Crippen LogP contribution is 2.40. The van der Waals surface area contributed by atoms with Gasteiger partial charge in [-0.1, -0.05) is 33.1 Å². The van der Waals surface area contributed by atoms with Gasteiger partial charge in [0.25, 0.3) is 5.91 Å². The van der Waals surface area contributed by atoms with E-state index in [1.54, 1.807) is 0 Å². The number of rotatable bonds is 5. The molecule has 1 aliphatic heterocycles. The number of nitrogens with two attached hydrogens (primary N) is 1. The third-order valence-corrected chi connectivity index (χ3v) is 5.96. The summed E-state index contributed by atoms with van der Waals surface area (Å²) in [5, 5.41) is 6.37. The van der Waals surface area contributed by atoms with Crippen molar-refractivity contribution in [1.29, 1.82) is 0 Å². The van der Waals surface area contributed by atoms with Gasteiger partial charge in [-0.25, -0.2) is 0 Å². The Hall–Kier alpha value is -1.91. The zero-order valence-corrected chi connectivity index (χ0v) is 15.8. The number of benzene rings is 1. The maximum atomic E-state index is 12.9. The SMILES string of the molecule is CCC1(C)CN(c2cc(NC)c(N)cc2C(=O)NC2CCCCC2)C1. The van der Waals surface area contributed by atoms with Crippen LogP contribution >= 0.6 is 0 Å². The van der Waals surface area contributed by atoms with Crippen LogP contribution in [0.15, 0.2) is 12.1 Å². The summed E-state index contributed by atoms with van der Waals surface area (Å²) in [6.07, 6.45) is 7.02. The van der Waals surface area contributed by atoms with Gasteiger partial charge in [0.2, 0.25) is 0 Å². The lowest BCUT2D eigenvalue weighted by Crippen LogP contribution is -2.55. The molecule has 4 N–H and O–H groups in total. The Morgan fingerprint density at radius 2 is 1.96 bits per heavy atom. The number of carbonyl (C=O) groups excluding carboxylic acids is 1. The summed E-state index contributed by atoms with van der Waals surface area (Å²) in [7, 11) is 1.86. The van der Waals surface area contributed by atoms with E-state index in [2.05, 4.69) is 29.4 Å². The fourth-order valence-corrected chi connectivity index (χ4v) is 4.04. The molecule has 5 heteroatoms. The van der Waals surface area contributed by atoms with Crippen molar-refractivity contribution >= 4 is 23.0 Å². The molecule has 1 heterocycles. The quantitative estimate of drug-likeness (QED) is 0.714. The summed E-state index contributed by atoms with van der Waals surface area (Å²) < 4.78 is 0. The topological polar surface area (TPSA) is 70.4 Å². The van der Waals surface area contributed by atoms with E-state index in [-0.39, 0.29) is 5.91 Å². The number of nitrogens with zero attached hydrogens (tertiary/aromatic N) is 1. The molecule has 1 saturated heterocycles. The van der Waals surface area contributed by atoms with Gasteiger partial charge in [0, 0.05) is 31.6 Å². The smallest absolute Gasteiger partial charge is 0.253 e. The Morgan fingerprint density at radius 1 is 1.28 bits per heavy atom. The maximum Gasteiger partial charge on any atom is 0.253 e. The van der Waals surface area contributed by atoms with Gasteiger partial charge < -0.3 is 21.3 Å². The first kappa shape index (κ1) is 17.9. The third-order valence-electron chi connectivity index (χ3n) is 5.96. The number of hydrogen-bond acceptors (Lipinski definition) is 4. The number of hydrogen-bond donors (Lipinski definition) is 3. The molecule has 1 amide bonds. The van der Waals surface area contributed by atoms with E-state index in [0.29, 0.717) is 22.7 Å². The Balaban J connectivity index is 1.83. The summed E-state index contributed by atoms with van der Waals surface area (Å²) in [6, 6.07) is 4.16. The van der Waals surface area contributed by atoms with E-state index in [0.717, 1.165) is 43.7 Å². The molecule has 0 bridgehead atoms. The second-order valence-electron chi connectivity index (χ2n) is 8.04. The number of amides is 1. The van der Waals surface area contributed by atoms with Crippen LogP contribution in [-0.2, 0) is 0 Å². The van der Waals surface area contributed by atoms with Crippen LogP contribution in [0.1, 0.15) is 62.7 Å². The largest absolute Gasteiger partial charge is 0.397 e. The second-order valence-corrected chi connectivity index (χ2v) is 8.04. The van der Waals surface area contributed by atoms with Gasteiger partial charge in [-0.05, 0) is 31.4 Å². The van der Waals surface area contributed by atoms with Crippen molar-refractivity contribution in [2.24, 2.45) is 5.41 Å². The van der Waals surface area contributed by atoms with Gasteiger partial charge in [-0.3, -0.25) is 4.79 Å². The Bertz CT molecular complexity index is 631. The minimum atomic E-state index is 0.0151. The lowest BCUT2D eigenvalue weighted by Gasteiger charge is -2.50. The monoisotopic (exact) mass is 344 g/mol. The minimum absolute atomic E-state index is 0.0151. The minimum Gasteiger partial charge on any atom is -0.397 e. The van der Waals surface area contributed by atoms with Crippen LogP contribution < -0.4 is 21.3 Å². The molecular formula is C20H32N4O. The van der Waals surface area contributed by atoms with E-state index < -0.39 is 0 Å². The molecule has 0 spiro atoms. The summed E-state index contributed by atoms with van der Waals surface area (Å²) in [5.41, 5.74) is 9.71. The predicted molar refractivity (Wildman–Crippen MR) is 105 cm³/mol. The van der Waals surface area contributed by atoms with Crippen LogP contribution in [0.5, 0.6) is 0 Å². The lowest BCUT2D eigenvalue weighted by molar-refractivity contribution is 0.0927. The number of anilines is 3. The lowest BCUT2D eigenvalue weighted by atomic mass is 9.79. The van der Waals surface area contributed by atoms with E-state index >= 15 is 0 Å². The Morgan fingerprint density at radius 3 is 2.56 bits per heavy atom. The van der Waals surface area contributed by atoms with Crippen molar-refractivity contribution in [2.75, 3.05) is 36.1 Å². The molecule has 2 aliphatic rings. The average molecular weight is 345 g/mol. The van der Waals surface area contributed by atoms with Crippen molar-refractivity contribution in [3.8, 4) is 0 Å². The van der Waals surface area contributed by atoms with Crippen molar-refractivity contribution in [1.82, 2.24) is 5.32 Å². The predicted octanol–water partition coefficient (Wildman–Crippen LogP) is 3.61. The van der Waals surface area contributed by atoms with Crippen LogP contribution in [0.2, 0.25) is 0 Å². The van der Waals surface area contributed by atoms with E-state index in [9.17, 15) is 4.79 Å². The molecule has 2 fully saturated rings. The van der Waals surface area contributed by atoms with Gasteiger partial charge in [0.1, 0.15) is 0 Å². The molecule has 25 heavy (non-hydrogen) atoms. The van der Waals surface area contributed by atoms with Crippen LogP contribution in [0.25, 0.3) is 0 Å². The molecule has 0 unspecified atom stereocenters. The van der Waals surface area contributed by atoms with Crippen LogP contribution in [-0.4, -0.2) is 32.1 Å². The maximum absolute atomic E-state index is 12.9. The van der Waals surface area contributed by atoms with Gasteiger partial charge >= 0.3 is 0 Å². The van der Waals surface area contributed by atoms with Crippen molar-refractivity contribution < 1.29 is 4.79 Å². The molecular weight excluding hydrogens is 312 g/mol. The van der Waals surface area contributed by atoms with Gasteiger partial charge in [0.05, 0.1) is 22.6 Å². The molecule has 138 valence electrons. The van der Waals surface area contributed by atoms with Crippen LogP contribution in [0.3, 0.4) is 0 Å². The van der Waals surface area contributed by atoms with E-state index in [1.165, 1.54) is 19.3 Å². The van der Waals surface area contributed by atoms with Crippen molar-refractivity contribution in [2.45, 2.75) is 58.4 Å². The average Bonchev–Trinajstić information content (AvgIpc) is 2.59. The first-order valence-corrected chi connectivity index (χ1v) is 9.63. The number of nitrogen functional groups attached to an aromatic ring is 1. The summed E-state index contributed by atoms with van der Waals surface area (Å²) in [5.74, 6) is 0.0151.